The third-order valence-corrected chi connectivity index (χ3v) is 3.61. The molecule has 0 aromatic rings. The first kappa shape index (κ1) is 12.0. The Kier molecular flexibility index (Phi) is 2.62. The molecular formula is C12H16O6. The summed E-state index contributed by atoms with van der Waals surface area (Å²) in [5.41, 5.74) is 0.454. The molecule has 0 amide bonds. The van der Waals surface area contributed by atoms with Crippen LogP contribution in [0.2, 0.25) is 0 Å². The van der Waals surface area contributed by atoms with Gasteiger partial charge in [-0.15, -0.1) is 0 Å². The molecule has 3 heterocycles. The van der Waals surface area contributed by atoms with E-state index >= 15 is 0 Å². The molecule has 6 nitrogen and oxygen atoms in total. The lowest BCUT2D eigenvalue weighted by Crippen LogP contribution is -2.55. The smallest absolute Gasteiger partial charge is 0.337 e. The summed E-state index contributed by atoms with van der Waals surface area (Å²) in [5, 5.41) is 10.3. The molecule has 0 unspecified atom stereocenters. The zero-order chi connectivity index (χ0) is 12.9. The number of hydrogen-bond acceptors (Lipinski definition) is 6. The van der Waals surface area contributed by atoms with Crippen LogP contribution in [0.4, 0.5) is 0 Å². The van der Waals surface area contributed by atoms with E-state index in [1.165, 1.54) is 0 Å². The Labute approximate surface area is 104 Å². The van der Waals surface area contributed by atoms with E-state index in [1.807, 2.05) is 0 Å². The highest BCUT2D eigenvalue weighted by atomic mass is 16.8. The summed E-state index contributed by atoms with van der Waals surface area (Å²) in [4.78, 5) is 11.9. The van der Waals surface area contributed by atoms with Crippen molar-refractivity contribution in [2.45, 2.75) is 38.4 Å². The van der Waals surface area contributed by atoms with Crippen LogP contribution >= 0.6 is 0 Å². The van der Waals surface area contributed by atoms with Crippen molar-refractivity contribution in [2.24, 2.45) is 5.92 Å². The predicted octanol–water partition coefficient (Wildman–Crippen LogP) is 0.304. The zero-order valence-corrected chi connectivity index (χ0v) is 10.3. The molecule has 3 aliphatic heterocycles. The van der Waals surface area contributed by atoms with E-state index in [4.69, 9.17) is 18.9 Å². The van der Waals surface area contributed by atoms with Gasteiger partial charge in [-0.1, -0.05) is 0 Å². The number of ether oxygens (including phenoxy) is 4. The van der Waals surface area contributed by atoms with Crippen LogP contribution in [0, 0.1) is 5.92 Å². The highest BCUT2D eigenvalue weighted by molar-refractivity contribution is 5.90. The van der Waals surface area contributed by atoms with Gasteiger partial charge in [0, 0.05) is 12.3 Å². The Bertz CT molecular complexity index is 417. The summed E-state index contributed by atoms with van der Waals surface area (Å²) in [6.07, 6.45) is -0.681. The van der Waals surface area contributed by atoms with Gasteiger partial charge in [-0.3, -0.25) is 0 Å². The quantitative estimate of drug-likeness (QED) is 0.716. The van der Waals surface area contributed by atoms with Crippen LogP contribution in [0.1, 0.15) is 20.3 Å². The highest BCUT2D eigenvalue weighted by Crippen LogP contribution is 2.47. The average Bonchev–Trinajstić information content (AvgIpc) is 2.73. The van der Waals surface area contributed by atoms with Crippen molar-refractivity contribution < 1.29 is 28.8 Å². The topological polar surface area (TPSA) is 74.2 Å². The first-order valence-electron chi connectivity index (χ1n) is 6.11. The standard InChI is InChI=1S/C12H16O6/c1-3-15-10(13)9-6(2)18-12(14)4-7(9)8-5-16-11(12)17-8/h7-8,11,14H,3-5H2,1-2H3/t7-,8+,11+,12-/m1/s1. The molecule has 100 valence electrons. The van der Waals surface area contributed by atoms with Crippen LogP contribution in [0.3, 0.4) is 0 Å². The summed E-state index contributed by atoms with van der Waals surface area (Å²) in [6.45, 7) is 4.07. The van der Waals surface area contributed by atoms with E-state index in [2.05, 4.69) is 0 Å². The Morgan fingerprint density at radius 1 is 1.61 bits per heavy atom. The number of carbonyl (C=O) groups excluding carboxylic acids is 1. The largest absolute Gasteiger partial charge is 0.463 e. The van der Waals surface area contributed by atoms with Crippen molar-refractivity contribution >= 4 is 5.97 Å². The molecule has 0 aliphatic carbocycles. The van der Waals surface area contributed by atoms with Gasteiger partial charge in [0.25, 0.3) is 5.79 Å². The van der Waals surface area contributed by atoms with Gasteiger partial charge in [-0.25, -0.2) is 4.79 Å². The second-order valence-corrected chi connectivity index (χ2v) is 4.79. The lowest BCUT2D eigenvalue weighted by Gasteiger charge is -2.44. The number of hydrogen-bond donors (Lipinski definition) is 1. The summed E-state index contributed by atoms with van der Waals surface area (Å²) < 4.78 is 21.4. The molecule has 0 radical (unpaired) electrons. The third-order valence-electron chi connectivity index (χ3n) is 3.61. The molecule has 18 heavy (non-hydrogen) atoms. The lowest BCUT2D eigenvalue weighted by molar-refractivity contribution is -0.329. The van der Waals surface area contributed by atoms with Gasteiger partial charge in [0.05, 0.1) is 24.9 Å². The summed E-state index contributed by atoms with van der Waals surface area (Å²) >= 11 is 0. The van der Waals surface area contributed by atoms with Crippen molar-refractivity contribution in [3.8, 4) is 0 Å². The number of fused-ring (bicyclic) bond motifs is 6. The van der Waals surface area contributed by atoms with Crippen LogP contribution in [-0.4, -0.2) is 42.5 Å². The molecule has 0 saturated carbocycles. The van der Waals surface area contributed by atoms with Crippen molar-refractivity contribution in [1.29, 1.82) is 0 Å². The number of esters is 1. The maximum atomic E-state index is 11.9. The number of carbonyl (C=O) groups is 1. The minimum atomic E-state index is -1.49. The van der Waals surface area contributed by atoms with E-state index in [9.17, 15) is 9.90 Å². The van der Waals surface area contributed by atoms with Gasteiger partial charge in [0.2, 0.25) is 6.29 Å². The number of rotatable bonds is 2. The molecule has 0 aromatic carbocycles. The Morgan fingerprint density at radius 2 is 2.39 bits per heavy atom. The molecule has 2 fully saturated rings. The van der Waals surface area contributed by atoms with Crippen molar-refractivity contribution in [1.82, 2.24) is 0 Å². The van der Waals surface area contributed by atoms with E-state index in [-0.39, 0.29) is 12.0 Å². The minimum Gasteiger partial charge on any atom is -0.463 e. The van der Waals surface area contributed by atoms with Gasteiger partial charge >= 0.3 is 5.97 Å². The number of aliphatic hydroxyl groups is 1. The second kappa shape index (κ2) is 3.94. The zero-order valence-electron chi connectivity index (χ0n) is 10.3. The van der Waals surface area contributed by atoms with E-state index in [0.717, 1.165) is 0 Å². The van der Waals surface area contributed by atoms with Crippen LogP contribution in [0.5, 0.6) is 0 Å². The first-order valence-corrected chi connectivity index (χ1v) is 6.11. The van der Waals surface area contributed by atoms with Gasteiger partial charge in [-0.05, 0) is 13.8 Å². The summed E-state index contributed by atoms with van der Waals surface area (Å²) in [5.74, 6) is -1.73. The fourth-order valence-corrected chi connectivity index (χ4v) is 2.87. The minimum absolute atomic E-state index is 0.214. The lowest BCUT2D eigenvalue weighted by atomic mass is 9.82. The molecule has 3 rings (SSSR count). The molecule has 2 saturated heterocycles. The fraction of sp³-hybridized carbons (Fsp3) is 0.750. The maximum absolute atomic E-state index is 11.9. The van der Waals surface area contributed by atoms with Crippen molar-refractivity contribution in [3.63, 3.8) is 0 Å². The molecule has 6 heteroatoms. The van der Waals surface area contributed by atoms with Crippen molar-refractivity contribution in [3.05, 3.63) is 11.3 Å². The normalized spacial score (nSPS) is 41.6. The first-order chi connectivity index (χ1) is 8.55. The Hall–Kier alpha value is -1.11. The molecule has 0 aromatic heterocycles. The molecule has 4 atom stereocenters. The SMILES string of the molecule is CCOC(=O)C1=C(C)O[C@]2(O)C[C@@H]1[C@@H]1CO[C@H]2O1. The number of allylic oxidation sites excluding steroid dienone is 1. The molecule has 4 bridgehead atoms. The van der Waals surface area contributed by atoms with Crippen molar-refractivity contribution in [2.75, 3.05) is 13.2 Å². The molecular weight excluding hydrogens is 240 g/mol. The Morgan fingerprint density at radius 3 is 3.11 bits per heavy atom. The van der Waals surface area contributed by atoms with Crippen LogP contribution in [0.25, 0.3) is 0 Å². The van der Waals surface area contributed by atoms with Gasteiger partial charge in [0.1, 0.15) is 5.76 Å². The molecule has 1 N–H and O–H groups in total. The second-order valence-electron chi connectivity index (χ2n) is 4.79. The predicted molar refractivity (Wildman–Crippen MR) is 58.1 cm³/mol. The Balaban J connectivity index is 1.97. The van der Waals surface area contributed by atoms with Crippen LogP contribution in [-0.2, 0) is 23.7 Å². The molecule has 3 aliphatic rings. The van der Waals surface area contributed by atoms with E-state index < -0.39 is 18.0 Å². The fourth-order valence-electron chi connectivity index (χ4n) is 2.87. The van der Waals surface area contributed by atoms with Crippen LogP contribution in [0.15, 0.2) is 11.3 Å². The van der Waals surface area contributed by atoms with Crippen LogP contribution < -0.4 is 0 Å². The summed E-state index contributed by atoms with van der Waals surface area (Å²) in [7, 11) is 0. The average molecular weight is 256 g/mol. The highest BCUT2D eigenvalue weighted by Gasteiger charge is 2.59. The summed E-state index contributed by atoms with van der Waals surface area (Å²) in [6, 6.07) is 0. The maximum Gasteiger partial charge on any atom is 0.337 e. The van der Waals surface area contributed by atoms with Gasteiger partial charge < -0.3 is 24.1 Å². The molecule has 0 spiro atoms. The van der Waals surface area contributed by atoms with E-state index in [1.54, 1.807) is 13.8 Å². The van der Waals surface area contributed by atoms with E-state index in [0.29, 0.717) is 31.0 Å². The third kappa shape index (κ3) is 1.56. The van der Waals surface area contributed by atoms with Gasteiger partial charge in [-0.2, -0.15) is 0 Å². The van der Waals surface area contributed by atoms with Gasteiger partial charge in [0.15, 0.2) is 0 Å². The monoisotopic (exact) mass is 256 g/mol.